The number of hydrogen-bond acceptors (Lipinski definition) is 6. The number of esters is 1. The highest BCUT2D eigenvalue weighted by Crippen LogP contribution is 2.32. The average molecular weight is 485 g/mol. The van der Waals surface area contributed by atoms with Crippen molar-refractivity contribution in [1.29, 1.82) is 0 Å². The molecule has 0 aliphatic carbocycles. The highest BCUT2D eigenvalue weighted by Gasteiger charge is 2.34. The third-order valence-corrected chi connectivity index (χ3v) is 9.00. The molecule has 1 aromatic heterocycles. The number of carbonyl (C=O) groups excluding carboxylic acids is 2. The van der Waals surface area contributed by atoms with Gasteiger partial charge in [-0.05, 0) is 56.0 Å². The lowest BCUT2D eigenvalue weighted by Crippen LogP contribution is -2.41. The fourth-order valence-electron chi connectivity index (χ4n) is 3.59. The fraction of sp³-hybridized carbons (Fsp3) is 0.429. The van der Waals surface area contributed by atoms with Crippen molar-refractivity contribution in [3.8, 4) is 0 Å². The number of piperidine rings is 1. The maximum Gasteiger partial charge on any atom is 0.338 e. The van der Waals surface area contributed by atoms with E-state index in [9.17, 15) is 18.0 Å². The minimum absolute atomic E-state index is 0.0617. The zero-order chi connectivity index (χ0) is 22.6. The van der Waals surface area contributed by atoms with Crippen LogP contribution in [0.15, 0.2) is 40.6 Å². The summed E-state index contributed by atoms with van der Waals surface area (Å²) in [4.78, 5) is 24.6. The van der Waals surface area contributed by atoms with Gasteiger partial charge in [0.15, 0.2) is 0 Å². The van der Waals surface area contributed by atoms with Crippen molar-refractivity contribution in [2.24, 2.45) is 11.8 Å². The number of sulfonamides is 1. The Morgan fingerprint density at radius 2 is 1.97 bits per heavy atom. The van der Waals surface area contributed by atoms with E-state index in [-0.39, 0.29) is 28.6 Å². The summed E-state index contributed by atoms with van der Waals surface area (Å²) in [6.45, 7) is 4.58. The predicted molar refractivity (Wildman–Crippen MR) is 121 cm³/mol. The van der Waals surface area contributed by atoms with Crippen molar-refractivity contribution in [2.75, 3.05) is 25.0 Å². The Morgan fingerprint density at radius 1 is 1.26 bits per heavy atom. The van der Waals surface area contributed by atoms with Crippen molar-refractivity contribution < 1.29 is 22.7 Å². The molecule has 1 aliphatic heterocycles. The lowest BCUT2D eigenvalue weighted by molar-refractivity contribution is -0.121. The molecule has 2 heterocycles. The Bertz CT molecular complexity index is 1050. The first-order chi connectivity index (χ1) is 14.7. The number of benzene rings is 1. The first-order valence-electron chi connectivity index (χ1n) is 10.1. The predicted octanol–water partition coefficient (Wildman–Crippen LogP) is 4.25. The van der Waals surface area contributed by atoms with E-state index in [0.717, 1.165) is 11.3 Å². The first kappa shape index (κ1) is 23.7. The number of thiophene rings is 1. The Hall–Kier alpha value is -1.94. The van der Waals surface area contributed by atoms with Gasteiger partial charge >= 0.3 is 5.97 Å². The minimum Gasteiger partial charge on any atom is -0.462 e. The number of anilines is 1. The molecule has 7 nitrogen and oxygen atoms in total. The van der Waals surface area contributed by atoms with Gasteiger partial charge in [0.25, 0.3) is 10.0 Å². The minimum atomic E-state index is -3.55. The van der Waals surface area contributed by atoms with E-state index in [4.69, 9.17) is 16.3 Å². The summed E-state index contributed by atoms with van der Waals surface area (Å²) >= 11 is 6.93. The molecule has 0 radical (unpaired) electrons. The summed E-state index contributed by atoms with van der Waals surface area (Å²) in [7, 11) is -3.55. The Morgan fingerprint density at radius 3 is 2.58 bits per heavy atom. The van der Waals surface area contributed by atoms with Gasteiger partial charge in [0.1, 0.15) is 4.21 Å². The SMILES string of the molecule is CCOC(=O)c1cccc(NC(=O)[C@H](C)C2CCN(S(=O)(=O)c3ccc(Cl)s3)CC2)c1. The highest BCUT2D eigenvalue weighted by molar-refractivity contribution is 7.91. The lowest BCUT2D eigenvalue weighted by Gasteiger charge is -2.33. The quantitative estimate of drug-likeness (QED) is 0.593. The number of halogens is 1. The van der Waals surface area contributed by atoms with Crippen molar-refractivity contribution >= 4 is 50.5 Å². The van der Waals surface area contributed by atoms with Crippen LogP contribution in [0.4, 0.5) is 5.69 Å². The molecule has 3 rings (SSSR count). The molecule has 1 atom stereocenters. The molecule has 1 aromatic carbocycles. The van der Waals surface area contributed by atoms with Gasteiger partial charge in [-0.25, -0.2) is 13.2 Å². The van der Waals surface area contributed by atoms with Crippen LogP contribution in [0.5, 0.6) is 0 Å². The van der Waals surface area contributed by atoms with Crippen LogP contribution in [0.1, 0.15) is 37.0 Å². The van der Waals surface area contributed by atoms with Crippen LogP contribution in [0.25, 0.3) is 0 Å². The topological polar surface area (TPSA) is 92.8 Å². The smallest absolute Gasteiger partial charge is 0.338 e. The Kier molecular flexibility index (Phi) is 7.74. The monoisotopic (exact) mass is 484 g/mol. The summed E-state index contributed by atoms with van der Waals surface area (Å²) in [6, 6.07) is 9.73. The van der Waals surface area contributed by atoms with Gasteiger partial charge in [-0.15, -0.1) is 11.3 Å². The van der Waals surface area contributed by atoms with Crippen LogP contribution in [0.3, 0.4) is 0 Å². The molecular formula is C21H25ClN2O5S2. The lowest BCUT2D eigenvalue weighted by atomic mass is 9.85. The number of carbonyl (C=O) groups is 2. The summed E-state index contributed by atoms with van der Waals surface area (Å²) < 4.78 is 32.6. The van der Waals surface area contributed by atoms with Crippen LogP contribution in [-0.2, 0) is 19.6 Å². The molecule has 0 saturated carbocycles. The molecule has 0 bridgehead atoms. The summed E-state index contributed by atoms with van der Waals surface area (Å²) in [5.74, 6) is -0.835. The van der Waals surface area contributed by atoms with E-state index in [2.05, 4.69) is 5.32 Å². The van der Waals surface area contributed by atoms with Crippen LogP contribution in [-0.4, -0.2) is 44.3 Å². The molecule has 10 heteroatoms. The molecule has 1 aliphatic rings. The van der Waals surface area contributed by atoms with Gasteiger partial charge in [0.2, 0.25) is 5.91 Å². The molecule has 2 aromatic rings. The highest BCUT2D eigenvalue weighted by atomic mass is 35.5. The van der Waals surface area contributed by atoms with E-state index in [1.807, 2.05) is 6.92 Å². The van der Waals surface area contributed by atoms with Gasteiger partial charge < -0.3 is 10.1 Å². The Labute approximate surface area is 191 Å². The van der Waals surface area contributed by atoms with E-state index in [0.29, 0.717) is 41.5 Å². The summed E-state index contributed by atoms with van der Waals surface area (Å²) in [5, 5.41) is 2.85. The first-order valence-corrected chi connectivity index (χ1v) is 12.7. The third-order valence-electron chi connectivity index (χ3n) is 5.40. The molecule has 31 heavy (non-hydrogen) atoms. The number of nitrogens with zero attached hydrogens (tertiary/aromatic N) is 1. The summed E-state index contributed by atoms with van der Waals surface area (Å²) in [6.07, 6.45) is 1.19. The molecular weight excluding hydrogens is 460 g/mol. The van der Waals surface area contributed by atoms with Gasteiger partial charge in [-0.1, -0.05) is 24.6 Å². The van der Waals surface area contributed by atoms with Crippen molar-refractivity contribution in [3.63, 3.8) is 0 Å². The van der Waals surface area contributed by atoms with Gasteiger partial charge in [0, 0.05) is 24.7 Å². The van der Waals surface area contributed by atoms with E-state index < -0.39 is 16.0 Å². The second-order valence-corrected chi connectivity index (χ2v) is 11.3. The number of rotatable bonds is 7. The Balaban J connectivity index is 1.58. The molecule has 1 N–H and O–H groups in total. The number of hydrogen-bond donors (Lipinski definition) is 1. The zero-order valence-electron chi connectivity index (χ0n) is 17.3. The van der Waals surface area contributed by atoms with Crippen LogP contribution in [0, 0.1) is 11.8 Å². The van der Waals surface area contributed by atoms with E-state index in [1.165, 1.54) is 10.4 Å². The second kappa shape index (κ2) is 10.1. The van der Waals surface area contributed by atoms with Gasteiger partial charge in [-0.2, -0.15) is 4.31 Å². The van der Waals surface area contributed by atoms with Gasteiger partial charge in [-0.3, -0.25) is 4.79 Å². The maximum absolute atomic E-state index is 12.7. The van der Waals surface area contributed by atoms with Crippen LogP contribution in [0.2, 0.25) is 4.34 Å². The van der Waals surface area contributed by atoms with Crippen molar-refractivity contribution in [3.05, 3.63) is 46.3 Å². The second-order valence-electron chi connectivity index (χ2n) is 7.38. The third kappa shape index (κ3) is 5.65. The van der Waals surface area contributed by atoms with Crippen molar-refractivity contribution in [2.45, 2.75) is 30.9 Å². The largest absolute Gasteiger partial charge is 0.462 e. The van der Waals surface area contributed by atoms with Crippen LogP contribution < -0.4 is 5.32 Å². The number of nitrogens with one attached hydrogen (secondary N) is 1. The van der Waals surface area contributed by atoms with Gasteiger partial charge in [0.05, 0.1) is 16.5 Å². The van der Waals surface area contributed by atoms with E-state index >= 15 is 0 Å². The molecule has 168 valence electrons. The molecule has 1 amide bonds. The standard InChI is InChI=1S/C21H25ClN2O5S2/c1-3-29-21(26)16-5-4-6-17(13-16)23-20(25)14(2)15-9-11-24(12-10-15)31(27,28)19-8-7-18(22)30-19/h4-8,13-15H,3,9-12H2,1-2H3,(H,23,25)/t14-/m1/s1. The summed E-state index contributed by atoms with van der Waals surface area (Å²) in [5.41, 5.74) is 0.900. The fourth-order valence-corrected chi connectivity index (χ4v) is 6.70. The maximum atomic E-state index is 12.7. The molecule has 1 fully saturated rings. The molecule has 0 unspecified atom stereocenters. The number of ether oxygens (including phenoxy) is 1. The zero-order valence-corrected chi connectivity index (χ0v) is 19.7. The average Bonchev–Trinajstić information content (AvgIpc) is 3.21. The normalized spacial score (nSPS) is 16.6. The van der Waals surface area contributed by atoms with Crippen LogP contribution >= 0.6 is 22.9 Å². The van der Waals surface area contributed by atoms with Crippen molar-refractivity contribution in [1.82, 2.24) is 4.31 Å². The molecule has 1 saturated heterocycles. The number of amides is 1. The van der Waals surface area contributed by atoms with E-state index in [1.54, 1.807) is 37.3 Å². The molecule has 0 spiro atoms.